The second-order valence-corrected chi connectivity index (χ2v) is 11.9. The highest BCUT2D eigenvalue weighted by Crippen LogP contribution is 2.38. The number of hydrogen-bond donors (Lipinski definition) is 0. The van der Waals surface area contributed by atoms with Crippen LogP contribution in [-0.4, -0.2) is 15.0 Å². The van der Waals surface area contributed by atoms with Gasteiger partial charge in [0, 0.05) is 38.2 Å². The first kappa shape index (κ1) is 22.7. The number of aromatic nitrogens is 3. The molecule has 5 nitrogen and oxygen atoms in total. The lowest BCUT2D eigenvalue weighted by Crippen LogP contribution is -2.00. The van der Waals surface area contributed by atoms with Crippen molar-refractivity contribution in [2.75, 3.05) is 0 Å². The van der Waals surface area contributed by atoms with Crippen molar-refractivity contribution >= 4 is 43.9 Å². The topological polar surface area (TPSA) is 65.0 Å². The molecule has 0 bridgehead atoms. The van der Waals surface area contributed by atoms with Crippen molar-refractivity contribution in [2.24, 2.45) is 0 Å². The van der Waals surface area contributed by atoms with E-state index in [1.54, 1.807) is 24.3 Å². The molecular formula is C45H27N3O2. The lowest BCUT2D eigenvalue weighted by atomic mass is 9.99. The Morgan fingerprint density at radius 2 is 1.00 bits per heavy atom. The van der Waals surface area contributed by atoms with E-state index in [1.807, 2.05) is 103 Å². The smallest absolute Gasteiger partial charge is 0.164 e. The zero-order chi connectivity index (χ0) is 38.2. The van der Waals surface area contributed by atoms with Crippen LogP contribution in [-0.2, 0) is 0 Å². The Bertz CT molecular complexity index is 3200. The normalized spacial score (nSPS) is 13.3. The van der Waals surface area contributed by atoms with Crippen LogP contribution in [0.5, 0.6) is 0 Å². The number of fused-ring (bicyclic) bond motifs is 6. The van der Waals surface area contributed by atoms with Crippen LogP contribution >= 0.6 is 0 Å². The predicted molar refractivity (Wildman–Crippen MR) is 202 cm³/mol. The molecule has 0 saturated heterocycles. The summed E-state index contributed by atoms with van der Waals surface area (Å²) in [5.74, 6) is 0.554. The SMILES string of the molecule is [2H]c1c([2H])c(-c2ccccc2)c2c(oc3c([2H])c(-c4nc(-c5ccc(-c6ccccc6)cc5)nc(-c5ccc6c(c5)oc5ccccc56)n4)c([2H])c([2H])c32)c1[2H]. The molecule has 0 N–H and O–H groups in total. The lowest BCUT2D eigenvalue weighted by molar-refractivity contribution is 0.668. The highest BCUT2D eigenvalue weighted by atomic mass is 16.3. The van der Waals surface area contributed by atoms with E-state index in [9.17, 15) is 4.11 Å². The number of rotatable bonds is 5. The van der Waals surface area contributed by atoms with Crippen molar-refractivity contribution in [1.82, 2.24) is 15.0 Å². The maximum atomic E-state index is 9.48. The Hall–Kier alpha value is -6.85. The van der Waals surface area contributed by atoms with Gasteiger partial charge in [0.25, 0.3) is 0 Å². The van der Waals surface area contributed by atoms with Crippen molar-refractivity contribution in [2.45, 2.75) is 0 Å². The number of nitrogens with zero attached hydrogens (tertiary/aromatic N) is 3. The fourth-order valence-corrected chi connectivity index (χ4v) is 6.43. The summed E-state index contributed by atoms with van der Waals surface area (Å²) in [6.45, 7) is 0. The van der Waals surface area contributed by atoms with Crippen LogP contribution in [0, 0.1) is 0 Å². The van der Waals surface area contributed by atoms with Crippen molar-refractivity contribution in [3.8, 4) is 56.4 Å². The first-order valence-electron chi connectivity index (χ1n) is 19.1. The molecule has 7 aromatic carbocycles. The van der Waals surface area contributed by atoms with Gasteiger partial charge in [-0.15, -0.1) is 0 Å². The van der Waals surface area contributed by atoms with Gasteiger partial charge >= 0.3 is 0 Å². The van der Waals surface area contributed by atoms with Crippen LogP contribution in [0.2, 0.25) is 0 Å². The van der Waals surface area contributed by atoms with Crippen molar-refractivity contribution in [3.05, 3.63) is 164 Å². The molecule has 0 atom stereocenters. The zero-order valence-electron chi connectivity index (χ0n) is 32.3. The molecule has 0 radical (unpaired) electrons. The molecule has 0 amide bonds. The molecule has 0 aliphatic carbocycles. The molecule has 10 aromatic rings. The van der Waals surface area contributed by atoms with Crippen LogP contribution < -0.4 is 0 Å². The van der Waals surface area contributed by atoms with E-state index >= 15 is 0 Å². The van der Waals surface area contributed by atoms with Gasteiger partial charge in [-0.3, -0.25) is 0 Å². The van der Waals surface area contributed by atoms with E-state index in [2.05, 4.69) is 0 Å². The van der Waals surface area contributed by atoms with E-state index in [-0.39, 0.29) is 75.4 Å². The molecule has 234 valence electrons. The van der Waals surface area contributed by atoms with Gasteiger partial charge in [0.1, 0.15) is 22.3 Å². The molecule has 0 aliphatic heterocycles. The second-order valence-electron chi connectivity index (χ2n) is 11.9. The highest BCUT2D eigenvalue weighted by Gasteiger charge is 2.17. The molecule has 3 aromatic heterocycles. The summed E-state index contributed by atoms with van der Waals surface area (Å²) >= 11 is 0. The largest absolute Gasteiger partial charge is 0.456 e. The monoisotopic (exact) mass is 647 g/mol. The first-order chi connectivity index (χ1) is 27.3. The third-order valence-corrected chi connectivity index (χ3v) is 8.88. The Morgan fingerprint density at radius 1 is 0.400 bits per heavy atom. The van der Waals surface area contributed by atoms with E-state index < -0.39 is 0 Å². The Labute approximate surface area is 295 Å². The third kappa shape index (κ3) is 4.75. The Morgan fingerprint density at radius 3 is 1.80 bits per heavy atom. The highest BCUT2D eigenvalue weighted by molar-refractivity contribution is 6.13. The molecule has 0 fully saturated rings. The minimum Gasteiger partial charge on any atom is -0.456 e. The molecule has 5 heteroatoms. The van der Waals surface area contributed by atoms with Crippen molar-refractivity contribution in [1.29, 1.82) is 0 Å². The van der Waals surface area contributed by atoms with E-state index in [0.29, 0.717) is 33.7 Å². The average Bonchev–Trinajstić information content (AvgIpc) is 3.82. The summed E-state index contributed by atoms with van der Waals surface area (Å²) < 4.78 is 66.7. The molecular weight excluding hydrogens is 615 g/mol. The summed E-state index contributed by atoms with van der Waals surface area (Å²) in [5.41, 5.74) is 5.47. The Kier molecular flexibility index (Phi) is 5.17. The maximum absolute atomic E-state index is 9.48. The number of furan rings is 2. The van der Waals surface area contributed by atoms with Crippen LogP contribution in [0.4, 0.5) is 0 Å². The minimum absolute atomic E-state index is 0.00978. The van der Waals surface area contributed by atoms with E-state index in [0.717, 1.165) is 27.5 Å². The summed E-state index contributed by atoms with van der Waals surface area (Å²) in [6, 6.07) is 38.5. The summed E-state index contributed by atoms with van der Waals surface area (Å²) in [5, 5.41) is 2.26. The number of para-hydroxylation sites is 1. The van der Waals surface area contributed by atoms with Gasteiger partial charge in [-0.2, -0.15) is 0 Å². The predicted octanol–water partition coefficient (Wildman–Crippen LogP) is 12.0. The van der Waals surface area contributed by atoms with E-state index in [4.69, 9.17) is 27.9 Å². The molecule has 10 rings (SSSR count). The van der Waals surface area contributed by atoms with Gasteiger partial charge in [0.2, 0.25) is 0 Å². The summed E-state index contributed by atoms with van der Waals surface area (Å²) in [7, 11) is 0. The third-order valence-electron chi connectivity index (χ3n) is 8.88. The van der Waals surface area contributed by atoms with Crippen molar-refractivity contribution in [3.63, 3.8) is 0 Å². The summed E-state index contributed by atoms with van der Waals surface area (Å²) in [4.78, 5) is 14.6. The number of benzene rings is 7. The van der Waals surface area contributed by atoms with Crippen LogP contribution in [0.25, 0.3) is 100 Å². The van der Waals surface area contributed by atoms with Crippen LogP contribution in [0.3, 0.4) is 0 Å². The molecule has 0 unspecified atom stereocenters. The van der Waals surface area contributed by atoms with Crippen LogP contribution in [0.15, 0.2) is 172 Å². The standard InChI is InChI=1S/C45H27N3O2/c1-3-10-28(11-4-1)29-18-20-31(21-19-29)43-46-44(32-22-24-36-35-14-7-8-16-38(35)49-40(36)26-32)48-45(47-43)33-23-25-37-41(27-33)50-39-17-9-15-34(42(37)39)30-12-5-2-6-13-30/h1-27H/i9D,15D,17D,23D,25D,27D. The first-order valence-corrected chi connectivity index (χ1v) is 16.1. The molecule has 0 aliphatic rings. The second kappa shape index (κ2) is 11.4. The van der Waals surface area contributed by atoms with Gasteiger partial charge in [0.15, 0.2) is 17.5 Å². The van der Waals surface area contributed by atoms with Gasteiger partial charge in [0.05, 0.1) is 8.22 Å². The Balaban J connectivity index is 1.22. The average molecular weight is 648 g/mol. The molecule has 0 spiro atoms. The zero-order valence-corrected chi connectivity index (χ0v) is 26.3. The fraction of sp³-hybridized carbons (Fsp3) is 0. The molecule has 0 saturated carbocycles. The fourth-order valence-electron chi connectivity index (χ4n) is 6.43. The van der Waals surface area contributed by atoms with Gasteiger partial charge in [-0.25, -0.2) is 15.0 Å². The summed E-state index contributed by atoms with van der Waals surface area (Å²) in [6.07, 6.45) is 0. The van der Waals surface area contributed by atoms with Crippen molar-refractivity contribution < 1.29 is 17.1 Å². The quantitative estimate of drug-likeness (QED) is 0.186. The van der Waals surface area contributed by atoms with Crippen LogP contribution in [0.1, 0.15) is 8.22 Å². The molecule has 50 heavy (non-hydrogen) atoms. The maximum Gasteiger partial charge on any atom is 0.164 e. The van der Waals surface area contributed by atoms with Gasteiger partial charge < -0.3 is 8.83 Å². The lowest BCUT2D eigenvalue weighted by Gasteiger charge is -2.09. The van der Waals surface area contributed by atoms with Gasteiger partial charge in [-0.1, -0.05) is 127 Å². The molecule has 3 heterocycles. The van der Waals surface area contributed by atoms with E-state index in [1.165, 1.54) is 0 Å². The van der Waals surface area contributed by atoms with Gasteiger partial charge in [-0.05, 0) is 58.6 Å². The number of hydrogen-bond acceptors (Lipinski definition) is 5. The minimum atomic E-state index is -0.341.